The Morgan fingerprint density at radius 2 is 1.76 bits per heavy atom. The van der Waals surface area contributed by atoms with Crippen LogP contribution in [0.25, 0.3) is 0 Å². The third kappa shape index (κ3) is 4.26. The summed E-state index contributed by atoms with van der Waals surface area (Å²) in [7, 11) is 0. The maximum atomic E-state index is 11.9. The quantitative estimate of drug-likeness (QED) is 0.810. The number of amides is 1. The van der Waals surface area contributed by atoms with Gasteiger partial charge in [0.2, 0.25) is 5.91 Å². The zero-order valence-corrected chi connectivity index (χ0v) is 10.3. The predicted octanol–water partition coefficient (Wildman–Crippen LogP) is 1.82. The fourth-order valence-electron chi connectivity index (χ4n) is 1.43. The zero-order valence-electron chi connectivity index (χ0n) is 10.3. The van der Waals surface area contributed by atoms with Crippen LogP contribution in [-0.4, -0.2) is 18.0 Å². The fourth-order valence-corrected chi connectivity index (χ4v) is 1.43. The van der Waals surface area contributed by atoms with Gasteiger partial charge in [-0.2, -0.15) is 0 Å². The molecule has 0 radical (unpaired) electrons. The first kappa shape index (κ1) is 13.2. The molecule has 0 saturated heterocycles. The number of carbonyl (C=O) groups is 2. The summed E-state index contributed by atoms with van der Waals surface area (Å²) in [6.07, 6.45) is -0.206. The van der Waals surface area contributed by atoms with Crippen molar-refractivity contribution in [2.45, 2.75) is 32.9 Å². The van der Waals surface area contributed by atoms with E-state index in [9.17, 15) is 9.59 Å². The van der Waals surface area contributed by atoms with E-state index < -0.39 is 12.0 Å². The Hall–Kier alpha value is -1.84. The molecule has 0 aliphatic heterocycles. The van der Waals surface area contributed by atoms with Crippen molar-refractivity contribution in [3.63, 3.8) is 0 Å². The molecule has 0 fully saturated rings. The molecule has 1 aromatic carbocycles. The van der Waals surface area contributed by atoms with Crippen LogP contribution in [0, 0.1) is 0 Å². The summed E-state index contributed by atoms with van der Waals surface area (Å²) in [5.74, 6) is -0.707. The number of hydrogen-bond donors (Lipinski definition) is 1. The molecule has 1 aromatic rings. The molecule has 4 nitrogen and oxygen atoms in total. The third-order valence-corrected chi connectivity index (χ3v) is 2.07. The Morgan fingerprint density at radius 3 is 2.24 bits per heavy atom. The van der Waals surface area contributed by atoms with Gasteiger partial charge in [0.15, 0.2) is 6.04 Å². The van der Waals surface area contributed by atoms with E-state index in [4.69, 9.17) is 4.74 Å². The average Bonchev–Trinajstić information content (AvgIpc) is 2.25. The van der Waals surface area contributed by atoms with Crippen molar-refractivity contribution < 1.29 is 14.3 Å². The van der Waals surface area contributed by atoms with Crippen LogP contribution in [-0.2, 0) is 14.3 Å². The first-order valence-corrected chi connectivity index (χ1v) is 5.53. The monoisotopic (exact) mass is 235 g/mol. The Balaban J connectivity index is 2.88. The minimum Gasteiger partial charge on any atom is -0.461 e. The van der Waals surface area contributed by atoms with Crippen molar-refractivity contribution in [2.24, 2.45) is 0 Å². The minimum atomic E-state index is -0.740. The summed E-state index contributed by atoms with van der Waals surface area (Å²) in [6, 6.07) is 8.29. The molecule has 0 aliphatic rings. The van der Waals surface area contributed by atoms with E-state index in [1.807, 2.05) is 18.2 Å². The molecule has 0 aliphatic carbocycles. The van der Waals surface area contributed by atoms with Gasteiger partial charge in [0, 0.05) is 6.92 Å². The first-order chi connectivity index (χ1) is 8.00. The second-order valence-electron chi connectivity index (χ2n) is 4.03. The van der Waals surface area contributed by atoms with Crippen LogP contribution in [0.3, 0.4) is 0 Å². The van der Waals surface area contributed by atoms with Gasteiger partial charge in [-0.25, -0.2) is 4.79 Å². The van der Waals surface area contributed by atoms with Crippen molar-refractivity contribution >= 4 is 11.9 Å². The van der Waals surface area contributed by atoms with E-state index in [2.05, 4.69) is 5.32 Å². The van der Waals surface area contributed by atoms with Crippen LogP contribution >= 0.6 is 0 Å². The number of ether oxygens (including phenoxy) is 1. The highest BCUT2D eigenvalue weighted by Crippen LogP contribution is 2.15. The molecule has 1 rings (SSSR count). The lowest BCUT2D eigenvalue weighted by atomic mass is 10.1. The summed E-state index contributed by atoms with van der Waals surface area (Å²) in [4.78, 5) is 23.0. The number of nitrogens with one attached hydrogen (secondary N) is 1. The van der Waals surface area contributed by atoms with E-state index in [0.717, 1.165) is 0 Å². The molecule has 4 heteroatoms. The Kier molecular flexibility index (Phi) is 4.69. The van der Waals surface area contributed by atoms with Gasteiger partial charge in [0.05, 0.1) is 6.10 Å². The molecule has 0 aromatic heterocycles. The second kappa shape index (κ2) is 6.03. The molecule has 92 valence electrons. The van der Waals surface area contributed by atoms with Crippen LogP contribution in [0.15, 0.2) is 30.3 Å². The van der Waals surface area contributed by atoms with Crippen molar-refractivity contribution in [1.82, 2.24) is 5.32 Å². The molecule has 0 saturated carbocycles. The van der Waals surface area contributed by atoms with Gasteiger partial charge in [-0.15, -0.1) is 0 Å². The molecule has 1 atom stereocenters. The number of rotatable bonds is 4. The molecule has 17 heavy (non-hydrogen) atoms. The lowest BCUT2D eigenvalue weighted by Gasteiger charge is -2.18. The van der Waals surface area contributed by atoms with Gasteiger partial charge in [-0.1, -0.05) is 30.3 Å². The average molecular weight is 235 g/mol. The van der Waals surface area contributed by atoms with Gasteiger partial charge in [-0.3, -0.25) is 4.79 Å². The number of carbonyl (C=O) groups excluding carboxylic acids is 2. The molecule has 0 spiro atoms. The van der Waals surface area contributed by atoms with Gasteiger partial charge in [-0.05, 0) is 19.4 Å². The normalized spacial score (nSPS) is 12.0. The van der Waals surface area contributed by atoms with Crippen LogP contribution in [0.2, 0.25) is 0 Å². The topological polar surface area (TPSA) is 55.4 Å². The van der Waals surface area contributed by atoms with Crippen molar-refractivity contribution in [3.8, 4) is 0 Å². The van der Waals surface area contributed by atoms with E-state index >= 15 is 0 Å². The van der Waals surface area contributed by atoms with E-state index in [0.29, 0.717) is 5.56 Å². The summed E-state index contributed by atoms with van der Waals surface area (Å²) in [5.41, 5.74) is 0.716. The van der Waals surface area contributed by atoms with Crippen molar-refractivity contribution in [2.75, 3.05) is 0 Å². The van der Waals surface area contributed by atoms with Crippen molar-refractivity contribution in [1.29, 1.82) is 0 Å². The molecule has 1 unspecified atom stereocenters. The molecule has 1 amide bonds. The standard InChI is InChI=1S/C13H17NO3/c1-9(2)17-13(16)12(14-10(3)15)11-7-5-4-6-8-11/h4-9,12H,1-3H3,(H,14,15). The first-order valence-electron chi connectivity index (χ1n) is 5.53. The van der Waals surface area contributed by atoms with Crippen LogP contribution in [0.5, 0.6) is 0 Å². The minimum absolute atomic E-state index is 0.206. The molecule has 0 heterocycles. The van der Waals surface area contributed by atoms with E-state index in [1.54, 1.807) is 26.0 Å². The van der Waals surface area contributed by atoms with E-state index in [-0.39, 0.29) is 12.0 Å². The van der Waals surface area contributed by atoms with Gasteiger partial charge in [0.25, 0.3) is 0 Å². The molecule has 1 N–H and O–H groups in total. The second-order valence-corrected chi connectivity index (χ2v) is 4.03. The van der Waals surface area contributed by atoms with Gasteiger partial charge in [0.1, 0.15) is 0 Å². The van der Waals surface area contributed by atoms with Gasteiger partial charge >= 0.3 is 5.97 Å². The number of benzene rings is 1. The van der Waals surface area contributed by atoms with Crippen LogP contribution in [0.1, 0.15) is 32.4 Å². The molecule has 0 bridgehead atoms. The highest BCUT2D eigenvalue weighted by Gasteiger charge is 2.23. The lowest BCUT2D eigenvalue weighted by molar-refractivity contribution is -0.151. The molecular weight excluding hydrogens is 218 g/mol. The highest BCUT2D eigenvalue weighted by molar-refractivity contribution is 5.84. The summed E-state index contributed by atoms with van der Waals surface area (Å²) < 4.78 is 5.11. The van der Waals surface area contributed by atoms with Crippen LogP contribution < -0.4 is 5.32 Å². The lowest BCUT2D eigenvalue weighted by Crippen LogP contribution is -2.34. The molecular formula is C13H17NO3. The third-order valence-electron chi connectivity index (χ3n) is 2.07. The largest absolute Gasteiger partial charge is 0.461 e. The maximum absolute atomic E-state index is 11.9. The smallest absolute Gasteiger partial charge is 0.333 e. The number of hydrogen-bond acceptors (Lipinski definition) is 3. The van der Waals surface area contributed by atoms with Crippen LogP contribution in [0.4, 0.5) is 0 Å². The Bertz CT molecular complexity index is 387. The summed E-state index contributed by atoms with van der Waals surface area (Å²) in [5, 5.41) is 2.59. The Morgan fingerprint density at radius 1 is 1.18 bits per heavy atom. The summed E-state index contributed by atoms with van der Waals surface area (Å²) >= 11 is 0. The SMILES string of the molecule is CC(=O)NC(C(=O)OC(C)C)c1ccccc1. The fraction of sp³-hybridized carbons (Fsp3) is 0.385. The van der Waals surface area contributed by atoms with Crippen molar-refractivity contribution in [3.05, 3.63) is 35.9 Å². The van der Waals surface area contributed by atoms with Gasteiger partial charge < -0.3 is 10.1 Å². The summed E-state index contributed by atoms with van der Waals surface area (Å²) in [6.45, 7) is 4.92. The zero-order chi connectivity index (χ0) is 12.8. The highest BCUT2D eigenvalue weighted by atomic mass is 16.5. The Labute approximate surface area is 101 Å². The maximum Gasteiger partial charge on any atom is 0.333 e. The number of esters is 1. The predicted molar refractivity (Wildman–Crippen MR) is 64.2 cm³/mol. The van der Waals surface area contributed by atoms with E-state index in [1.165, 1.54) is 6.92 Å².